The van der Waals surface area contributed by atoms with Crippen molar-refractivity contribution in [1.29, 1.82) is 0 Å². The molecule has 1 N–H and O–H groups in total. The summed E-state index contributed by atoms with van der Waals surface area (Å²) in [6, 6.07) is 12.3. The van der Waals surface area contributed by atoms with E-state index in [4.69, 9.17) is 0 Å². The standard InChI is InChI=1S/C17H17F2N/c1-20-17(8-11-6-13(18)10-14(19)7-11)16-9-12-4-2-3-5-15(12)16/h2-7,10,16-17,20H,8-9H2,1H3. The van der Waals surface area contributed by atoms with E-state index >= 15 is 0 Å². The molecule has 0 bridgehead atoms. The normalized spacial score (nSPS) is 18.2. The first-order chi connectivity index (χ1) is 9.67. The molecule has 0 heterocycles. The zero-order valence-electron chi connectivity index (χ0n) is 11.4. The Morgan fingerprint density at radius 1 is 1.15 bits per heavy atom. The largest absolute Gasteiger partial charge is 0.316 e. The molecule has 2 atom stereocenters. The second-order valence-electron chi connectivity index (χ2n) is 5.39. The van der Waals surface area contributed by atoms with Gasteiger partial charge >= 0.3 is 0 Å². The van der Waals surface area contributed by atoms with Gasteiger partial charge in [0.15, 0.2) is 0 Å². The first-order valence-electron chi connectivity index (χ1n) is 6.87. The molecule has 3 heteroatoms. The summed E-state index contributed by atoms with van der Waals surface area (Å²) < 4.78 is 26.5. The molecule has 0 spiro atoms. The predicted molar refractivity (Wildman–Crippen MR) is 75.8 cm³/mol. The second kappa shape index (κ2) is 5.33. The molecule has 0 aliphatic heterocycles. The van der Waals surface area contributed by atoms with Crippen LogP contribution in [0, 0.1) is 11.6 Å². The molecule has 0 saturated heterocycles. The van der Waals surface area contributed by atoms with Crippen molar-refractivity contribution in [3.05, 3.63) is 70.8 Å². The highest BCUT2D eigenvalue weighted by Gasteiger charge is 2.31. The minimum atomic E-state index is -0.510. The van der Waals surface area contributed by atoms with Crippen molar-refractivity contribution >= 4 is 0 Å². The minimum Gasteiger partial charge on any atom is -0.316 e. The number of hydrogen-bond donors (Lipinski definition) is 1. The molecule has 0 saturated carbocycles. The molecule has 104 valence electrons. The Hall–Kier alpha value is -1.74. The fraction of sp³-hybridized carbons (Fsp3) is 0.294. The van der Waals surface area contributed by atoms with Gasteiger partial charge in [-0.25, -0.2) is 8.78 Å². The summed E-state index contributed by atoms with van der Waals surface area (Å²) in [6.45, 7) is 0. The highest BCUT2D eigenvalue weighted by molar-refractivity contribution is 5.41. The van der Waals surface area contributed by atoms with Gasteiger partial charge < -0.3 is 5.32 Å². The molecule has 0 amide bonds. The third-order valence-electron chi connectivity index (χ3n) is 4.13. The van der Waals surface area contributed by atoms with Crippen LogP contribution in [0.25, 0.3) is 0 Å². The summed E-state index contributed by atoms with van der Waals surface area (Å²) >= 11 is 0. The first kappa shape index (κ1) is 13.3. The van der Waals surface area contributed by atoms with E-state index in [2.05, 4.69) is 17.4 Å². The molecule has 2 aromatic carbocycles. The van der Waals surface area contributed by atoms with Gasteiger partial charge in [-0.05, 0) is 48.7 Å². The fourth-order valence-electron chi connectivity index (χ4n) is 3.08. The van der Waals surface area contributed by atoms with Crippen molar-refractivity contribution in [2.24, 2.45) is 0 Å². The number of nitrogens with one attached hydrogen (secondary N) is 1. The molecule has 2 unspecified atom stereocenters. The van der Waals surface area contributed by atoms with Crippen LogP contribution < -0.4 is 5.32 Å². The SMILES string of the molecule is CNC(Cc1cc(F)cc(F)c1)C1Cc2ccccc21. The van der Waals surface area contributed by atoms with Crippen molar-refractivity contribution in [3.63, 3.8) is 0 Å². The third-order valence-corrected chi connectivity index (χ3v) is 4.13. The quantitative estimate of drug-likeness (QED) is 0.900. The van der Waals surface area contributed by atoms with Gasteiger partial charge in [0.05, 0.1) is 0 Å². The van der Waals surface area contributed by atoms with Crippen molar-refractivity contribution in [3.8, 4) is 0 Å². The van der Waals surface area contributed by atoms with E-state index in [-0.39, 0.29) is 6.04 Å². The zero-order valence-corrected chi connectivity index (χ0v) is 11.4. The maximum Gasteiger partial charge on any atom is 0.126 e. The number of rotatable bonds is 4. The van der Waals surface area contributed by atoms with Crippen LogP contribution in [0.15, 0.2) is 42.5 Å². The minimum absolute atomic E-state index is 0.200. The van der Waals surface area contributed by atoms with Crippen molar-refractivity contribution in [2.45, 2.75) is 24.8 Å². The van der Waals surface area contributed by atoms with E-state index in [0.29, 0.717) is 17.9 Å². The molecular weight excluding hydrogens is 256 g/mol. The summed E-state index contributed by atoms with van der Waals surface area (Å²) in [6.07, 6.45) is 1.66. The maximum atomic E-state index is 13.3. The average Bonchev–Trinajstić information content (AvgIpc) is 2.38. The molecule has 0 aromatic heterocycles. The highest BCUT2D eigenvalue weighted by atomic mass is 19.1. The molecule has 1 aliphatic carbocycles. The number of halogens is 2. The second-order valence-corrected chi connectivity index (χ2v) is 5.39. The molecular formula is C17H17F2N. The van der Waals surface area contributed by atoms with Gasteiger partial charge in [0.25, 0.3) is 0 Å². The van der Waals surface area contributed by atoms with Crippen LogP contribution in [0.4, 0.5) is 8.78 Å². The lowest BCUT2D eigenvalue weighted by molar-refractivity contribution is 0.421. The summed E-state index contributed by atoms with van der Waals surface area (Å²) in [4.78, 5) is 0. The highest BCUT2D eigenvalue weighted by Crippen LogP contribution is 2.38. The monoisotopic (exact) mass is 273 g/mol. The van der Waals surface area contributed by atoms with E-state index in [1.807, 2.05) is 19.2 Å². The van der Waals surface area contributed by atoms with E-state index < -0.39 is 11.6 Å². The van der Waals surface area contributed by atoms with E-state index in [1.54, 1.807) is 0 Å². The Kier molecular flexibility index (Phi) is 3.53. The van der Waals surface area contributed by atoms with Crippen LogP contribution >= 0.6 is 0 Å². The summed E-state index contributed by atoms with van der Waals surface area (Å²) in [5.41, 5.74) is 3.43. The Labute approximate surface area is 117 Å². The average molecular weight is 273 g/mol. The van der Waals surface area contributed by atoms with E-state index in [9.17, 15) is 8.78 Å². The van der Waals surface area contributed by atoms with Crippen LogP contribution in [-0.2, 0) is 12.8 Å². The van der Waals surface area contributed by atoms with Crippen LogP contribution in [0.2, 0.25) is 0 Å². The molecule has 0 radical (unpaired) electrons. The smallest absolute Gasteiger partial charge is 0.126 e. The van der Waals surface area contributed by atoms with Crippen LogP contribution in [0.5, 0.6) is 0 Å². The third kappa shape index (κ3) is 2.46. The molecule has 1 aliphatic rings. The van der Waals surface area contributed by atoms with Gasteiger partial charge in [-0.1, -0.05) is 24.3 Å². The predicted octanol–water partition coefficient (Wildman–Crippen LogP) is 3.44. The number of fused-ring (bicyclic) bond motifs is 1. The molecule has 0 fully saturated rings. The van der Waals surface area contributed by atoms with Crippen LogP contribution in [0.1, 0.15) is 22.6 Å². The van der Waals surface area contributed by atoms with Crippen molar-refractivity contribution < 1.29 is 8.78 Å². The van der Waals surface area contributed by atoms with Gasteiger partial charge in [0, 0.05) is 18.0 Å². The lowest BCUT2D eigenvalue weighted by Crippen LogP contribution is -2.39. The molecule has 20 heavy (non-hydrogen) atoms. The van der Waals surface area contributed by atoms with Crippen molar-refractivity contribution in [1.82, 2.24) is 5.32 Å². The number of likely N-dealkylation sites (N-methyl/N-ethyl adjacent to an activating group) is 1. The maximum absolute atomic E-state index is 13.3. The van der Waals surface area contributed by atoms with Gasteiger partial charge in [-0.3, -0.25) is 0 Å². The van der Waals surface area contributed by atoms with Gasteiger partial charge in [-0.15, -0.1) is 0 Å². The molecule has 3 rings (SSSR count). The van der Waals surface area contributed by atoms with Crippen molar-refractivity contribution in [2.75, 3.05) is 7.05 Å². The Morgan fingerprint density at radius 3 is 2.50 bits per heavy atom. The summed E-state index contributed by atoms with van der Waals surface area (Å²) in [5.74, 6) is -0.602. The number of benzene rings is 2. The zero-order chi connectivity index (χ0) is 14.1. The molecule has 1 nitrogen and oxygen atoms in total. The Bertz CT molecular complexity index is 604. The topological polar surface area (TPSA) is 12.0 Å². The van der Waals surface area contributed by atoms with Crippen LogP contribution in [0.3, 0.4) is 0 Å². The fourth-order valence-corrected chi connectivity index (χ4v) is 3.08. The summed E-state index contributed by atoms with van der Waals surface area (Å²) in [5, 5.41) is 3.29. The molecule has 2 aromatic rings. The Balaban J connectivity index is 1.79. The van der Waals surface area contributed by atoms with Crippen LogP contribution in [-0.4, -0.2) is 13.1 Å². The number of hydrogen-bond acceptors (Lipinski definition) is 1. The van der Waals surface area contributed by atoms with Gasteiger partial charge in [0.2, 0.25) is 0 Å². The van der Waals surface area contributed by atoms with E-state index in [0.717, 1.165) is 12.5 Å². The van der Waals surface area contributed by atoms with Gasteiger partial charge in [0.1, 0.15) is 11.6 Å². The Morgan fingerprint density at radius 2 is 1.85 bits per heavy atom. The lowest BCUT2D eigenvalue weighted by atomic mass is 9.72. The van der Waals surface area contributed by atoms with E-state index in [1.165, 1.54) is 23.3 Å². The lowest BCUT2D eigenvalue weighted by Gasteiger charge is -2.36. The summed E-state index contributed by atoms with van der Waals surface area (Å²) in [7, 11) is 1.90. The van der Waals surface area contributed by atoms with Gasteiger partial charge in [-0.2, -0.15) is 0 Å². The first-order valence-corrected chi connectivity index (χ1v) is 6.87.